The van der Waals surface area contributed by atoms with Crippen molar-refractivity contribution in [1.29, 1.82) is 0 Å². The van der Waals surface area contributed by atoms with Crippen molar-refractivity contribution in [3.8, 4) is 22.8 Å². The Balaban J connectivity index is 1.52. The second-order valence-corrected chi connectivity index (χ2v) is 6.85. The van der Waals surface area contributed by atoms with Gasteiger partial charge < -0.3 is 24.0 Å². The molecule has 1 aliphatic heterocycles. The van der Waals surface area contributed by atoms with Gasteiger partial charge in [0.05, 0.1) is 11.4 Å². The molecule has 1 atom stereocenters. The van der Waals surface area contributed by atoms with Gasteiger partial charge >= 0.3 is 12.5 Å². The molecule has 0 bridgehead atoms. The van der Waals surface area contributed by atoms with Crippen LogP contribution in [0.25, 0.3) is 22.1 Å². The van der Waals surface area contributed by atoms with Crippen LogP contribution in [0.4, 0.5) is 18.0 Å². The number of amides is 1. The third kappa shape index (κ3) is 4.27. The van der Waals surface area contributed by atoms with E-state index in [0.717, 1.165) is 12.0 Å². The number of aromatic nitrogens is 1. The summed E-state index contributed by atoms with van der Waals surface area (Å²) in [6.07, 6.45) is -4.24. The number of nitrogens with zero attached hydrogens (tertiary/aromatic N) is 2. The number of rotatable bonds is 5. The standard InChI is InChI=1S/C20H17F3N2O5/c21-20(22,23)29-15-6-3-12(4-7-15)13-5-8-17-16(10-13)18(24-30-17)28-11-14-2-1-9-25(14)19(26)27/h3-8,10,14H,1-2,9,11H2,(H,26,27). The Bertz CT molecular complexity index is 1050. The summed E-state index contributed by atoms with van der Waals surface area (Å²) in [5.41, 5.74) is 1.88. The van der Waals surface area contributed by atoms with Crippen LogP contribution in [-0.4, -0.2) is 46.8 Å². The van der Waals surface area contributed by atoms with Crippen molar-refractivity contribution in [3.05, 3.63) is 42.5 Å². The van der Waals surface area contributed by atoms with Gasteiger partial charge in [0.2, 0.25) is 0 Å². The molecule has 0 radical (unpaired) electrons. The highest BCUT2D eigenvalue weighted by atomic mass is 19.4. The summed E-state index contributed by atoms with van der Waals surface area (Å²) in [6.45, 7) is 0.628. The lowest BCUT2D eigenvalue weighted by Gasteiger charge is -2.20. The molecule has 1 aromatic heterocycles. The van der Waals surface area contributed by atoms with Crippen molar-refractivity contribution in [2.45, 2.75) is 25.2 Å². The van der Waals surface area contributed by atoms with Crippen molar-refractivity contribution in [2.75, 3.05) is 13.2 Å². The first-order valence-electron chi connectivity index (χ1n) is 9.18. The Morgan fingerprint density at radius 2 is 1.93 bits per heavy atom. The lowest BCUT2D eigenvalue weighted by atomic mass is 10.0. The predicted molar refractivity (Wildman–Crippen MR) is 99.4 cm³/mol. The number of alkyl halides is 3. The van der Waals surface area contributed by atoms with Crippen LogP contribution >= 0.6 is 0 Å². The zero-order chi connectivity index (χ0) is 21.3. The van der Waals surface area contributed by atoms with Crippen molar-refractivity contribution in [3.63, 3.8) is 0 Å². The molecule has 2 aromatic carbocycles. The summed E-state index contributed by atoms with van der Waals surface area (Å²) in [5, 5.41) is 13.7. The molecule has 1 saturated heterocycles. The molecule has 2 heterocycles. The van der Waals surface area contributed by atoms with Gasteiger partial charge in [0.1, 0.15) is 12.4 Å². The summed E-state index contributed by atoms with van der Waals surface area (Å²) >= 11 is 0. The van der Waals surface area contributed by atoms with Gasteiger partial charge in [-0.2, -0.15) is 0 Å². The summed E-state index contributed by atoms with van der Waals surface area (Å²) in [4.78, 5) is 12.6. The van der Waals surface area contributed by atoms with Crippen molar-refractivity contribution >= 4 is 17.1 Å². The lowest BCUT2D eigenvalue weighted by molar-refractivity contribution is -0.274. The summed E-state index contributed by atoms with van der Waals surface area (Å²) in [7, 11) is 0. The Labute approximate surface area is 168 Å². The number of benzene rings is 2. The smallest absolute Gasteiger partial charge is 0.473 e. The first-order chi connectivity index (χ1) is 14.3. The van der Waals surface area contributed by atoms with E-state index >= 15 is 0 Å². The molecule has 1 N–H and O–H groups in total. The zero-order valence-corrected chi connectivity index (χ0v) is 15.6. The van der Waals surface area contributed by atoms with Crippen LogP contribution in [-0.2, 0) is 0 Å². The average Bonchev–Trinajstić information content (AvgIpc) is 3.32. The fourth-order valence-electron chi connectivity index (χ4n) is 3.49. The van der Waals surface area contributed by atoms with Crippen LogP contribution in [0.3, 0.4) is 0 Å². The molecule has 10 heteroatoms. The largest absolute Gasteiger partial charge is 0.573 e. The normalized spacial score (nSPS) is 16.8. The fraction of sp³-hybridized carbons (Fsp3) is 0.300. The molecule has 4 rings (SSSR count). The van der Waals surface area contributed by atoms with E-state index < -0.39 is 12.5 Å². The maximum Gasteiger partial charge on any atom is 0.573 e. The van der Waals surface area contributed by atoms with Gasteiger partial charge in [-0.3, -0.25) is 0 Å². The molecule has 1 fully saturated rings. The SMILES string of the molecule is O=C(O)N1CCCC1COc1noc2ccc(-c3ccc(OC(F)(F)F)cc3)cc12. The van der Waals surface area contributed by atoms with E-state index in [1.54, 1.807) is 18.2 Å². The molecule has 30 heavy (non-hydrogen) atoms. The molecule has 1 aliphatic rings. The highest BCUT2D eigenvalue weighted by molar-refractivity contribution is 5.87. The van der Waals surface area contributed by atoms with Gasteiger partial charge in [0.15, 0.2) is 5.58 Å². The van der Waals surface area contributed by atoms with Crippen LogP contribution in [0.5, 0.6) is 11.6 Å². The maximum atomic E-state index is 12.3. The predicted octanol–water partition coefficient (Wildman–Crippen LogP) is 4.91. The number of hydrogen-bond donors (Lipinski definition) is 1. The minimum atomic E-state index is -4.75. The molecule has 0 saturated carbocycles. The zero-order valence-electron chi connectivity index (χ0n) is 15.6. The molecule has 7 nitrogen and oxygen atoms in total. The minimum absolute atomic E-state index is 0.154. The van der Waals surface area contributed by atoms with E-state index in [1.807, 2.05) is 0 Å². The molecule has 1 unspecified atom stereocenters. The molecule has 3 aromatic rings. The Hall–Kier alpha value is -3.43. The highest BCUT2D eigenvalue weighted by Crippen LogP contribution is 2.32. The number of fused-ring (bicyclic) bond motifs is 1. The summed E-state index contributed by atoms with van der Waals surface area (Å²) < 4.78 is 51.8. The van der Waals surface area contributed by atoms with E-state index in [-0.39, 0.29) is 24.3 Å². The van der Waals surface area contributed by atoms with Crippen LogP contribution in [0.1, 0.15) is 12.8 Å². The highest BCUT2D eigenvalue weighted by Gasteiger charge is 2.31. The monoisotopic (exact) mass is 422 g/mol. The van der Waals surface area contributed by atoms with Crippen LogP contribution in [0, 0.1) is 0 Å². The van der Waals surface area contributed by atoms with E-state index in [4.69, 9.17) is 9.26 Å². The molecular weight excluding hydrogens is 405 g/mol. The van der Waals surface area contributed by atoms with Crippen molar-refractivity contribution < 1.29 is 37.1 Å². The van der Waals surface area contributed by atoms with Gasteiger partial charge in [-0.15, -0.1) is 13.2 Å². The molecule has 1 amide bonds. The number of hydrogen-bond acceptors (Lipinski definition) is 5. The first kappa shape index (κ1) is 19.9. The average molecular weight is 422 g/mol. The molecular formula is C20H17F3N2O5. The van der Waals surface area contributed by atoms with E-state index in [0.29, 0.717) is 29.5 Å². The van der Waals surface area contributed by atoms with Gasteiger partial charge in [-0.05, 0) is 53.4 Å². The second-order valence-electron chi connectivity index (χ2n) is 6.85. The van der Waals surface area contributed by atoms with E-state index in [2.05, 4.69) is 9.89 Å². The topological polar surface area (TPSA) is 85.0 Å². The van der Waals surface area contributed by atoms with Crippen LogP contribution in [0.2, 0.25) is 0 Å². The fourth-order valence-corrected chi connectivity index (χ4v) is 3.49. The van der Waals surface area contributed by atoms with E-state index in [9.17, 15) is 23.1 Å². The van der Waals surface area contributed by atoms with E-state index in [1.165, 1.54) is 29.2 Å². The van der Waals surface area contributed by atoms with Gasteiger partial charge in [0, 0.05) is 6.54 Å². The lowest BCUT2D eigenvalue weighted by Crippen LogP contribution is -2.38. The Morgan fingerprint density at radius 1 is 1.20 bits per heavy atom. The molecule has 0 aliphatic carbocycles. The van der Waals surface area contributed by atoms with Crippen LogP contribution in [0.15, 0.2) is 47.0 Å². The second kappa shape index (κ2) is 7.77. The minimum Gasteiger partial charge on any atom is -0.473 e. The maximum absolute atomic E-state index is 12.3. The number of carboxylic acid groups (broad SMARTS) is 1. The van der Waals surface area contributed by atoms with Crippen molar-refractivity contribution in [2.24, 2.45) is 0 Å². The van der Waals surface area contributed by atoms with Gasteiger partial charge in [-0.1, -0.05) is 18.2 Å². The van der Waals surface area contributed by atoms with Crippen molar-refractivity contribution in [1.82, 2.24) is 10.1 Å². The molecule has 158 valence electrons. The van der Waals surface area contributed by atoms with Gasteiger partial charge in [-0.25, -0.2) is 4.79 Å². The quantitative estimate of drug-likeness (QED) is 0.629. The summed E-state index contributed by atoms with van der Waals surface area (Å²) in [6, 6.07) is 10.4. The number of likely N-dealkylation sites (tertiary alicyclic amines) is 1. The summed E-state index contributed by atoms with van der Waals surface area (Å²) in [5.74, 6) is -0.0676. The Morgan fingerprint density at radius 3 is 2.63 bits per heavy atom. The third-order valence-corrected chi connectivity index (χ3v) is 4.89. The number of halogens is 3. The number of ether oxygens (including phenoxy) is 2. The third-order valence-electron chi connectivity index (χ3n) is 4.89. The first-order valence-corrected chi connectivity index (χ1v) is 9.18. The Kier molecular flexibility index (Phi) is 5.15. The molecule has 0 spiro atoms. The van der Waals surface area contributed by atoms with Crippen LogP contribution < -0.4 is 9.47 Å². The van der Waals surface area contributed by atoms with Gasteiger partial charge in [0.25, 0.3) is 5.88 Å². The number of carbonyl (C=O) groups is 1.